The third kappa shape index (κ3) is 3.71. The fourth-order valence-electron chi connectivity index (χ4n) is 1.36. The Bertz CT molecular complexity index is 631. The van der Waals surface area contributed by atoms with Gasteiger partial charge >= 0.3 is 5.97 Å². The van der Waals surface area contributed by atoms with E-state index in [2.05, 4.69) is 0 Å². The molecule has 1 aromatic carbocycles. The first-order valence-corrected chi connectivity index (χ1v) is 6.54. The van der Waals surface area contributed by atoms with Crippen molar-refractivity contribution < 1.29 is 31.9 Å². The Morgan fingerprint density at radius 1 is 1.25 bits per heavy atom. The van der Waals surface area contributed by atoms with E-state index in [4.69, 9.17) is 10.8 Å². The Hall–Kier alpha value is -2.07. The summed E-state index contributed by atoms with van der Waals surface area (Å²) < 4.78 is 50.7. The molecule has 0 aliphatic heterocycles. The van der Waals surface area contributed by atoms with Crippen LogP contribution in [0.4, 0.5) is 8.78 Å². The Labute approximate surface area is 112 Å². The molecule has 0 heterocycles. The highest BCUT2D eigenvalue weighted by Crippen LogP contribution is 2.20. The lowest BCUT2D eigenvalue weighted by molar-refractivity contribution is -0.137. The SMILES string of the molecule is NC(=O)CN(CC(=O)O)S(=O)(=O)c1cc(F)ccc1F. The molecule has 0 unspecified atom stereocenters. The molecule has 1 rings (SSSR count). The lowest BCUT2D eigenvalue weighted by Crippen LogP contribution is -2.41. The molecule has 10 heteroatoms. The molecule has 20 heavy (non-hydrogen) atoms. The third-order valence-electron chi connectivity index (χ3n) is 2.15. The van der Waals surface area contributed by atoms with Crippen LogP contribution in [0.5, 0.6) is 0 Å². The predicted octanol–water partition coefficient (Wildman–Crippen LogP) is -0.475. The lowest BCUT2D eigenvalue weighted by atomic mass is 10.3. The third-order valence-corrected chi connectivity index (χ3v) is 3.96. The number of benzene rings is 1. The van der Waals surface area contributed by atoms with Crippen molar-refractivity contribution in [2.45, 2.75) is 4.90 Å². The molecule has 0 bridgehead atoms. The van der Waals surface area contributed by atoms with Gasteiger partial charge in [-0.1, -0.05) is 0 Å². The Kier molecular flexibility index (Phi) is 4.73. The largest absolute Gasteiger partial charge is 0.480 e. The number of primary amides is 1. The van der Waals surface area contributed by atoms with E-state index >= 15 is 0 Å². The van der Waals surface area contributed by atoms with Gasteiger partial charge in [-0.3, -0.25) is 9.59 Å². The number of hydrogen-bond donors (Lipinski definition) is 2. The number of carbonyl (C=O) groups excluding carboxylic acids is 1. The van der Waals surface area contributed by atoms with Gasteiger partial charge < -0.3 is 10.8 Å². The quantitative estimate of drug-likeness (QED) is 0.736. The van der Waals surface area contributed by atoms with E-state index in [-0.39, 0.29) is 4.31 Å². The van der Waals surface area contributed by atoms with Gasteiger partial charge in [0.15, 0.2) is 0 Å². The van der Waals surface area contributed by atoms with E-state index in [9.17, 15) is 26.8 Å². The maximum atomic E-state index is 13.5. The summed E-state index contributed by atoms with van der Waals surface area (Å²) >= 11 is 0. The molecule has 0 aliphatic carbocycles. The van der Waals surface area contributed by atoms with E-state index in [0.717, 1.165) is 0 Å². The van der Waals surface area contributed by atoms with Crippen molar-refractivity contribution in [2.75, 3.05) is 13.1 Å². The van der Waals surface area contributed by atoms with Crippen LogP contribution in [0.3, 0.4) is 0 Å². The molecule has 0 saturated carbocycles. The summed E-state index contributed by atoms with van der Waals surface area (Å²) in [6.07, 6.45) is 0. The second-order valence-corrected chi connectivity index (χ2v) is 5.61. The zero-order valence-corrected chi connectivity index (χ0v) is 10.7. The van der Waals surface area contributed by atoms with E-state index < -0.39 is 51.5 Å². The first kappa shape index (κ1) is 16.0. The zero-order chi connectivity index (χ0) is 15.5. The first-order valence-electron chi connectivity index (χ1n) is 5.10. The summed E-state index contributed by atoms with van der Waals surface area (Å²) in [5.41, 5.74) is 4.81. The highest BCUT2D eigenvalue weighted by molar-refractivity contribution is 7.89. The minimum atomic E-state index is -4.71. The van der Waals surface area contributed by atoms with Gasteiger partial charge in [0, 0.05) is 0 Å². The minimum absolute atomic E-state index is 0.148. The number of amides is 1. The van der Waals surface area contributed by atoms with Crippen molar-refractivity contribution in [2.24, 2.45) is 5.73 Å². The van der Waals surface area contributed by atoms with Crippen molar-refractivity contribution in [1.29, 1.82) is 0 Å². The average molecular weight is 308 g/mol. The monoisotopic (exact) mass is 308 g/mol. The molecular formula is C10H10F2N2O5S. The molecular weight excluding hydrogens is 298 g/mol. The summed E-state index contributed by atoms with van der Waals surface area (Å²) in [4.78, 5) is 20.3. The number of sulfonamides is 1. The number of carboxylic acids is 1. The number of hydrogen-bond acceptors (Lipinski definition) is 4. The number of rotatable bonds is 6. The van der Waals surface area contributed by atoms with Gasteiger partial charge in [-0.2, -0.15) is 4.31 Å². The molecule has 0 aromatic heterocycles. The van der Waals surface area contributed by atoms with Crippen LogP contribution in [0, 0.1) is 11.6 Å². The molecule has 0 spiro atoms. The van der Waals surface area contributed by atoms with Gasteiger partial charge in [-0.05, 0) is 18.2 Å². The van der Waals surface area contributed by atoms with Crippen LogP contribution < -0.4 is 5.73 Å². The van der Waals surface area contributed by atoms with Gasteiger partial charge in [0.25, 0.3) is 0 Å². The van der Waals surface area contributed by atoms with Gasteiger partial charge in [0.2, 0.25) is 15.9 Å². The summed E-state index contributed by atoms with van der Waals surface area (Å²) in [5, 5.41) is 8.60. The predicted molar refractivity (Wildman–Crippen MR) is 61.9 cm³/mol. The summed E-state index contributed by atoms with van der Waals surface area (Å²) in [6.45, 7) is -2.08. The number of carbonyl (C=O) groups is 2. The smallest absolute Gasteiger partial charge is 0.318 e. The number of aliphatic carboxylic acids is 1. The summed E-state index contributed by atoms with van der Waals surface area (Å²) in [5.74, 6) is -5.01. The number of carboxylic acid groups (broad SMARTS) is 1. The van der Waals surface area contributed by atoms with Gasteiger partial charge in [0.05, 0.1) is 6.54 Å². The number of nitrogens with zero attached hydrogens (tertiary/aromatic N) is 1. The standard InChI is InChI=1S/C10H10F2N2O5S/c11-6-1-2-7(12)8(3-6)20(18,19)14(4-9(13)15)5-10(16)17/h1-3H,4-5H2,(H2,13,15)(H,16,17). The first-order chi connectivity index (χ1) is 9.14. The second kappa shape index (κ2) is 5.92. The van der Waals surface area contributed by atoms with Gasteiger partial charge in [-0.15, -0.1) is 0 Å². The highest BCUT2D eigenvalue weighted by Gasteiger charge is 2.30. The molecule has 0 saturated heterocycles. The molecule has 1 amide bonds. The van der Waals surface area contributed by atoms with Crippen molar-refractivity contribution >= 4 is 21.9 Å². The fraction of sp³-hybridized carbons (Fsp3) is 0.200. The number of halogens is 2. The number of nitrogens with two attached hydrogens (primary N) is 1. The molecule has 1 aromatic rings. The van der Waals surface area contributed by atoms with Crippen LogP contribution in [0.2, 0.25) is 0 Å². The lowest BCUT2D eigenvalue weighted by Gasteiger charge is -2.19. The zero-order valence-electron chi connectivity index (χ0n) is 9.92. The highest BCUT2D eigenvalue weighted by atomic mass is 32.2. The molecule has 0 radical (unpaired) electrons. The van der Waals surface area contributed by atoms with Crippen molar-refractivity contribution in [3.8, 4) is 0 Å². The molecule has 0 atom stereocenters. The molecule has 0 aliphatic rings. The maximum absolute atomic E-state index is 13.5. The molecule has 7 nitrogen and oxygen atoms in total. The molecule has 110 valence electrons. The van der Waals surface area contributed by atoms with Crippen LogP contribution in [0.1, 0.15) is 0 Å². The summed E-state index contributed by atoms with van der Waals surface area (Å²) in [7, 11) is -4.71. The van der Waals surface area contributed by atoms with Crippen LogP contribution in [-0.4, -0.2) is 42.8 Å². The van der Waals surface area contributed by atoms with Crippen LogP contribution in [0.15, 0.2) is 23.1 Å². The fourth-order valence-corrected chi connectivity index (χ4v) is 2.80. The molecule has 3 N–H and O–H groups in total. The van der Waals surface area contributed by atoms with Crippen LogP contribution >= 0.6 is 0 Å². The van der Waals surface area contributed by atoms with Crippen molar-refractivity contribution in [3.63, 3.8) is 0 Å². The van der Waals surface area contributed by atoms with E-state index in [1.807, 2.05) is 0 Å². The van der Waals surface area contributed by atoms with E-state index in [1.54, 1.807) is 0 Å². The minimum Gasteiger partial charge on any atom is -0.480 e. The van der Waals surface area contributed by atoms with E-state index in [1.165, 1.54) is 0 Å². The molecule has 0 fully saturated rings. The maximum Gasteiger partial charge on any atom is 0.318 e. The van der Waals surface area contributed by atoms with Crippen molar-refractivity contribution in [1.82, 2.24) is 4.31 Å². The normalized spacial score (nSPS) is 11.6. The van der Waals surface area contributed by atoms with Crippen LogP contribution in [-0.2, 0) is 19.6 Å². The van der Waals surface area contributed by atoms with E-state index in [0.29, 0.717) is 18.2 Å². The second-order valence-electron chi connectivity index (χ2n) is 3.71. The van der Waals surface area contributed by atoms with Gasteiger partial charge in [0.1, 0.15) is 23.1 Å². The topological polar surface area (TPSA) is 118 Å². The average Bonchev–Trinajstić information content (AvgIpc) is 2.30. The Morgan fingerprint density at radius 3 is 2.35 bits per heavy atom. The summed E-state index contributed by atoms with van der Waals surface area (Å²) in [6, 6.07) is 1.66. The Morgan fingerprint density at radius 2 is 1.85 bits per heavy atom. The van der Waals surface area contributed by atoms with Crippen molar-refractivity contribution in [3.05, 3.63) is 29.8 Å². The Balaban J connectivity index is 3.31. The van der Waals surface area contributed by atoms with Crippen LogP contribution in [0.25, 0.3) is 0 Å². The van der Waals surface area contributed by atoms with Gasteiger partial charge in [-0.25, -0.2) is 17.2 Å².